The Kier molecular flexibility index (Phi) is 3.60. The summed E-state index contributed by atoms with van der Waals surface area (Å²) < 4.78 is 4.77. The number of aromatic nitrogens is 2. The molecule has 0 bridgehead atoms. The molecule has 0 radical (unpaired) electrons. The van der Waals surface area contributed by atoms with Crippen LogP contribution in [-0.4, -0.2) is 28.2 Å². The van der Waals surface area contributed by atoms with Gasteiger partial charge in [0.1, 0.15) is 0 Å². The number of ether oxygens (including phenoxy) is 1. The molecule has 0 spiro atoms. The lowest BCUT2D eigenvalue weighted by Crippen LogP contribution is -1.91. The summed E-state index contributed by atoms with van der Waals surface area (Å²) in [6.45, 7) is 0. The predicted octanol–water partition coefficient (Wildman–Crippen LogP) is 0.973. The number of carboxylic acids is 1. The first-order valence-electron chi connectivity index (χ1n) is 3.96. The first-order valence-corrected chi connectivity index (χ1v) is 3.96. The summed E-state index contributed by atoms with van der Waals surface area (Å²) in [6, 6.07) is 0.292. The van der Waals surface area contributed by atoms with Crippen molar-refractivity contribution < 1.29 is 14.6 Å². The van der Waals surface area contributed by atoms with Gasteiger partial charge in [-0.25, -0.2) is 9.97 Å². The highest BCUT2D eigenvalue weighted by atomic mass is 16.5. The van der Waals surface area contributed by atoms with Crippen LogP contribution in [0.15, 0.2) is 18.5 Å². The highest BCUT2D eigenvalue weighted by Crippen LogP contribution is 2.03. The summed E-state index contributed by atoms with van der Waals surface area (Å²) >= 11 is 0. The molecule has 0 aromatic carbocycles. The lowest BCUT2D eigenvalue weighted by atomic mass is 10.3. The molecular weight excluding hydrogens is 184 g/mol. The minimum Gasteiger partial charge on any atom is -0.481 e. The van der Waals surface area contributed by atoms with Crippen molar-refractivity contribution in [3.63, 3.8) is 0 Å². The minimum atomic E-state index is -0.865. The van der Waals surface area contributed by atoms with Gasteiger partial charge in [0, 0.05) is 18.0 Å². The molecule has 5 nitrogen and oxygen atoms in total. The summed E-state index contributed by atoms with van der Waals surface area (Å²) in [6.07, 6.45) is 6.29. The summed E-state index contributed by atoms with van der Waals surface area (Å²) in [5, 5.41) is 8.37. The quantitative estimate of drug-likeness (QED) is 0.773. The average Bonchev–Trinajstić information content (AvgIpc) is 2.18. The summed E-state index contributed by atoms with van der Waals surface area (Å²) in [5.41, 5.74) is 0.743. The van der Waals surface area contributed by atoms with Gasteiger partial charge >= 0.3 is 12.0 Å². The van der Waals surface area contributed by atoms with Crippen LogP contribution in [0.2, 0.25) is 0 Å². The minimum absolute atomic E-state index is 0.00791. The third-order valence-electron chi connectivity index (χ3n) is 1.43. The van der Waals surface area contributed by atoms with Crippen LogP contribution in [0.1, 0.15) is 12.0 Å². The SMILES string of the molecule is COc1ncc(C=CCC(=O)O)cn1. The number of methoxy groups -OCH3 is 1. The Hall–Kier alpha value is -1.91. The number of rotatable bonds is 4. The van der Waals surface area contributed by atoms with Crippen LogP contribution in [0.5, 0.6) is 6.01 Å². The van der Waals surface area contributed by atoms with Crippen LogP contribution in [0.25, 0.3) is 6.08 Å². The van der Waals surface area contributed by atoms with Crippen LogP contribution in [0.4, 0.5) is 0 Å². The zero-order valence-corrected chi connectivity index (χ0v) is 7.67. The standard InChI is InChI=1S/C9H10N2O3/c1-14-9-10-5-7(6-11-9)3-2-4-8(12)13/h2-3,5-6H,4H2,1H3,(H,12,13). The van der Waals surface area contributed by atoms with Crippen molar-refractivity contribution >= 4 is 12.0 Å². The van der Waals surface area contributed by atoms with Gasteiger partial charge in [-0.05, 0) is 0 Å². The van der Waals surface area contributed by atoms with E-state index in [-0.39, 0.29) is 6.42 Å². The third kappa shape index (κ3) is 3.22. The first kappa shape index (κ1) is 10.2. The van der Waals surface area contributed by atoms with E-state index < -0.39 is 5.97 Å². The Morgan fingerprint density at radius 2 is 2.21 bits per heavy atom. The van der Waals surface area contributed by atoms with Crippen molar-refractivity contribution in [1.29, 1.82) is 0 Å². The van der Waals surface area contributed by atoms with E-state index in [1.807, 2.05) is 0 Å². The highest BCUT2D eigenvalue weighted by Gasteiger charge is 1.94. The molecule has 0 atom stereocenters. The summed E-state index contributed by atoms with van der Waals surface area (Å²) in [5.74, 6) is -0.865. The van der Waals surface area contributed by atoms with Crippen molar-refractivity contribution in [2.45, 2.75) is 6.42 Å². The predicted molar refractivity (Wildman–Crippen MR) is 49.9 cm³/mol. The number of carbonyl (C=O) groups is 1. The second-order valence-corrected chi connectivity index (χ2v) is 2.50. The smallest absolute Gasteiger partial charge is 0.316 e. The Morgan fingerprint density at radius 3 is 2.71 bits per heavy atom. The van der Waals surface area contributed by atoms with E-state index in [0.717, 1.165) is 5.56 Å². The third-order valence-corrected chi connectivity index (χ3v) is 1.43. The summed E-state index contributed by atoms with van der Waals surface area (Å²) in [4.78, 5) is 17.9. The number of hydrogen-bond donors (Lipinski definition) is 1. The van der Waals surface area contributed by atoms with Gasteiger partial charge in [0.2, 0.25) is 0 Å². The largest absolute Gasteiger partial charge is 0.481 e. The van der Waals surface area contributed by atoms with Gasteiger partial charge in [0.05, 0.1) is 13.5 Å². The van der Waals surface area contributed by atoms with E-state index in [9.17, 15) is 4.79 Å². The molecule has 0 amide bonds. The fourth-order valence-corrected chi connectivity index (χ4v) is 0.813. The number of hydrogen-bond acceptors (Lipinski definition) is 4. The molecule has 0 aliphatic heterocycles. The van der Waals surface area contributed by atoms with E-state index in [1.54, 1.807) is 18.5 Å². The molecule has 0 saturated carbocycles. The Morgan fingerprint density at radius 1 is 1.57 bits per heavy atom. The molecule has 0 unspecified atom stereocenters. The van der Waals surface area contributed by atoms with Crippen molar-refractivity contribution in [3.05, 3.63) is 24.0 Å². The van der Waals surface area contributed by atoms with Gasteiger partial charge in [-0.3, -0.25) is 4.79 Å². The zero-order valence-electron chi connectivity index (χ0n) is 7.67. The maximum absolute atomic E-state index is 10.2. The van der Waals surface area contributed by atoms with Crippen molar-refractivity contribution in [3.8, 4) is 6.01 Å². The lowest BCUT2D eigenvalue weighted by molar-refractivity contribution is -0.135. The van der Waals surface area contributed by atoms with E-state index in [2.05, 4.69) is 9.97 Å². The van der Waals surface area contributed by atoms with Crippen LogP contribution in [0, 0.1) is 0 Å². The molecule has 1 aromatic rings. The van der Waals surface area contributed by atoms with E-state index in [1.165, 1.54) is 13.2 Å². The molecular formula is C9H10N2O3. The first-order chi connectivity index (χ1) is 6.72. The van der Waals surface area contributed by atoms with E-state index >= 15 is 0 Å². The normalized spacial score (nSPS) is 10.4. The fourth-order valence-electron chi connectivity index (χ4n) is 0.813. The topological polar surface area (TPSA) is 72.3 Å². The molecule has 1 heterocycles. The Bertz CT molecular complexity index is 332. The number of nitrogens with zero attached hydrogens (tertiary/aromatic N) is 2. The van der Waals surface area contributed by atoms with Crippen LogP contribution in [-0.2, 0) is 4.79 Å². The van der Waals surface area contributed by atoms with Crippen LogP contribution < -0.4 is 4.74 Å². The zero-order chi connectivity index (χ0) is 10.4. The monoisotopic (exact) mass is 194 g/mol. The fraction of sp³-hybridized carbons (Fsp3) is 0.222. The molecule has 0 aliphatic carbocycles. The van der Waals surface area contributed by atoms with Gasteiger partial charge < -0.3 is 9.84 Å². The van der Waals surface area contributed by atoms with Gasteiger partial charge in [-0.15, -0.1) is 0 Å². The molecule has 5 heteroatoms. The van der Waals surface area contributed by atoms with Crippen molar-refractivity contribution in [2.75, 3.05) is 7.11 Å². The Balaban J connectivity index is 2.59. The molecule has 74 valence electrons. The molecule has 1 aromatic heterocycles. The number of carboxylic acid groups (broad SMARTS) is 1. The molecule has 0 saturated heterocycles. The second-order valence-electron chi connectivity index (χ2n) is 2.50. The molecule has 1 rings (SSSR count). The highest BCUT2D eigenvalue weighted by molar-refractivity contribution is 5.70. The molecule has 1 N–H and O–H groups in total. The maximum atomic E-state index is 10.2. The maximum Gasteiger partial charge on any atom is 0.316 e. The van der Waals surface area contributed by atoms with E-state index in [0.29, 0.717) is 6.01 Å². The van der Waals surface area contributed by atoms with Gasteiger partial charge in [0.15, 0.2) is 0 Å². The van der Waals surface area contributed by atoms with Crippen molar-refractivity contribution in [1.82, 2.24) is 9.97 Å². The molecule has 0 aliphatic rings. The van der Waals surface area contributed by atoms with Gasteiger partial charge in [0.25, 0.3) is 0 Å². The van der Waals surface area contributed by atoms with Gasteiger partial charge in [-0.1, -0.05) is 12.2 Å². The molecule has 14 heavy (non-hydrogen) atoms. The van der Waals surface area contributed by atoms with E-state index in [4.69, 9.17) is 9.84 Å². The van der Waals surface area contributed by atoms with Crippen LogP contribution in [0.3, 0.4) is 0 Å². The van der Waals surface area contributed by atoms with Gasteiger partial charge in [-0.2, -0.15) is 0 Å². The second kappa shape index (κ2) is 4.96. The van der Waals surface area contributed by atoms with Crippen molar-refractivity contribution in [2.24, 2.45) is 0 Å². The Labute approximate surface area is 81.1 Å². The lowest BCUT2D eigenvalue weighted by Gasteiger charge is -1.95. The number of aliphatic carboxylic acids is 1. The average molecular weight is 194 g/mol. The molecule has 0 fully saturated rings. The summed E-state index contributed by atoms with van der Waals surface area (Å²) in [7, 11) is 1.48. The van der Waals surface area contributed by atoms with Crippen LogP contribution >= 0.6 is 0 Å².